The van der Waals surface area contributed by atoms with Crippen LogP contribution in [0.5, 0.6) is 0 Å². The van der Waals surface area contributed by atoms with Gasteiger partial charge in [-0.05, 0) is 32.1 Å². The first kappa shape index (κ1) is 12.4. The Kier molecular flexibility index (Phi) is 3.79. The van der Waals surface area contributed by atoms with Gasteiger partial charge in [0.1, 0.15) is 0 Å². The van der Waals surface area contributed by atoms with Crippen molar-refractivity contribution in [1.82, 2.24) is 0 Å². The van der Waals surface area contributed by atoms with Gasteiger partial charge in [0.15, 0.2) is 0 Å². The zero-order valence-electron chi connectivity index (χ0n) is 10.5. The highest BCUT2D eigenvalue weighted by molar-refractivity contribution is 9.09. The molecule has 2 unspecified atom stereocenters. The summed E-state index contributed by atoms with van der Waals surface area (Å²) < 4.78 is 11.8. The minimum Gasteiger partial charge on any atom is -0.381 e. The molecule has 1 saturated heterocycles. The summed E-state index contributed by atoms with van der Waals surface area (Å²) in [5, 5.41) is 0. The van der Waals surface area contributed by atoms with Crippen molar-refractivity contribution < 1.29 is 9.47 Å². The summed E-state index contributed by atoms with van der Waals surface area (Å²) in [6, 6.07) is 0. The van der Waals surface area contributed by atoms with E-state index in [4.69, 9.17) is 9.47 Å². The van der Waals surface area contributed by atoms with Crippen LogP contribution in [0.25, 0.3) is 0 Å². The van der Waals surface area contributed by atoms with E-state index in [1.54, 1.807) is 0 Å². The maximum absolute atomic E-state index is 6.38. The second-order valence-electron chi connectivity index (χ2n) is 5.93. The van der Waals surface area contributed by atoms with Crippen LogP contribution in [0.4, 0.5) is 0 Å². The second-order valence-corrected chi connectivity index (χ2v) is 7.04. The van der Waals surface area contributed by atoms with Crippen molar-refractivity contribution in [3.63, 3.8) is 0 Å². The predicted octanol–water partition coefficient (Wildman–Crippen LogP) is 3.67. The molecule has 2 nitrogen and oxygen atoms in total. The summed E-state index contributed by atoms with van der Waals surface area (Å²) >= 11 is 3.88. The lowest BCUT2D eigenvalue weighted by Crippen LogP contribution is -2.57. The molecule has 0 aromatic rings. The summed E-state index contributed by atoms with van der Waals surface area (Å²) in [4.78, 5) is 0.708. The molecule has 3 aliphatic rings. The third-order valence-electron chi connectivity index (χ3n) is 5.00. The fourth-order valence-corrected chi connectivity index (χ4v) is 4.87. The van der Waals surface area contributed by atoms with Gasteiger partial charge in [0.25, 0.3) is 0 Å². The Labute approximate surface area is 113 Å². The molecule has 0 radical (unpaired) electrons. The van der Waals surface area contributed by atoms with E-state index in [-0.39, 0.29) is 0 Å². The Balaban J connectivity index is 1.59. The molecule has 1 heterocycles. The predicted molar refractivity (Wildman–Crippen MR) is 71.6 cm³/mol. The molecule has 1 spiro atoms. The fourth-order valence-electron chi connectivity index (χ4n) is 3.78. The minimum absolute atomic E-state index is 0.465. The first-order valence-corrected chi connectivity index (χ1v) is 8.10. The number of rotatable bonds is 2. The van der Waals surface area contributed by atoms with Crippen LogP contribution in [0.2, 0.25) is 0 Å². The maximum Gasteiger partial charge on any atom is 0.0656 e. The SMILES string of the molecule is BrC1CC(OC2CCOCC2)C12CCCCC2. The van der Waals surface area contributed by atoms with Crippen LogP contribution in [0.3, 0.4) is 0 Å². The van der Waals surface area contributed by atoms with Gasteiger partial charge in [-0.3, -0.25) is 0 Å². The zero-order valence-corrected chi connectivity index (χ0v) is 12.1. The Morgan fingerprint density at radius 3 is 2.41 bits per heavy atom. The third-order valence-corrected chi connectivity index (χ3v) is 6.28. The Morgan fingerprint density at radius 2 is 1.76 bits per heavy atom. The molecule has 98 valence electrons. The van der Waals surface area contributed by atoms with Gasteiger partial charge in [0, 0.05) is 23.5 Å². The number of hydrogen-bond donors (Lipinski definition) is 0. The highest BCUT2D eigenvalue weighted by atomic mass is 79.9. The molecule has 0 amide bonds. The van der Waals surface area contributed by atoms with Gasteiger partial charge in [-0.15, -0.1) is 0 Å². The maximum atomic E-state index is 6.38. The number of halogens is 1. The van der Waals surface area contributed by atoms with Crippen LogP contribution in [-0.2, 0) is 9.47 Å². The smallest absolute Gasteiger partial charge is 0.0656 e. The first-order valence-electron chi connectivity index (χ1n) is 7.18. The number of ether oxygens (including phenoxy) is 2. The van der Waals surface area contributed by atoms with Crippen molar-refractivity contribution in [3.05, 3.63) is 0 Å². The van der Waals surface area contributed by atoms with Crippen molar-refractivity contribution in [3.8, 4) is 0 Å². The molecule has 0 bridgehead atoms. The lowest BCUT2D eigenvalue weighted by Gasteiger charge is -2.56. The molecule has 3 rings (SSSR count). The molecule has 0 aromatic heterocycles. The van der Waals surface area contributed by atoms with Crippen molar-refractivity contribution >= 4 is 15.9 Å². The normalized spacial score (nSPS) is 37.9. The summed E-state index contributed by atoms with van der Waals surface area (Å²) in [6.07, 6.45) is 11.4. The molecule has 2 aliphatic carbocycles. The average Bonchev–Trinajstić information content (AvgIpc) is 2.41. The van der Waals surface area contributed by atoms with Gasteiger partial charge in [0.2, 0.25) is 0 Å². The molecular formula is C14H23BrO2. The van der Waals surface area contributed by atoms with Crippen LogP contribution in [-0.4, -0.2) is 30.2 Å². The van der Waals surface area contributed by atoms with Gasteiger partial charge in [-0.25, -0.2) is 0 Å². The fraction of sp³-hybridized carbons (Fsp3) is 1.00. The Bertz CT molecular complexity index is 257. The van der Waals surface area contributed by atoms with Crippen LogP contribution >= 0.6 is 15.9 Å². The quantitative estimate of drug-likeness (QED) is 0.725. The topological polar surface area (TPSA) is 18.5 Å². The molecule has 3 heteroatoms. The number of alkyl halides is 1. The minimum atomic E-state index is 0.465. The second kappa shape index (κ2) is 5.18. The lowest BCUT2D eigenvalue weighted by molar-refractivity contribution is -0.166. The van der Waals surface area contributed by atoms with Crippen molar-refractivity contribution in [2.24, 2.45) is 5.41 Å². The van der Waals surface area contributed by atoms with Crippen LogP contribution < -0.4 is 0 Å². The van der Waals surface area contributed by atoms with Crippen molar-refractivity contribution in [2.45, 2.75) is 68.4 Å². The molecule has 0 N–H and O–H groups in total. The first-order chi connectivity index (χ1) is 8.31. The van der Waals surface area contributed by atoms with Crippen molar-refractivity contribution in [2.75, 3.05) is 13.2 Å². The Morgan fingerprint density at radius 1 is 1.06 bits per heavy atom. The molecule has 2 saturated carbocycles. The summed E-state index contributed by atoms with van der Waals surface area (Å²) in [5.41, 5.74) is 0.483. The van der Waals surface area contributed by atoms with Gasteiger partial charge in [-0.1, -0.05) is 35.2 Å². The summed E-state index contributed by atoms with van der Waals surface area (Å²) in [6.45, 7) is 1.78. The van der Waals surface area contributed by atoms with Gasteiger partial charge in [0.05, 0.1) is 12.2 Å². The van der Waals surface area contributed by atoms with E-state index in [2.05, 4.69) is 15.9 Å². The van der Waals surface area contributed by atoms with E-state index in [9.17, 15) is 0 Å². The summed E-state index contributed by atoms with van der Waals surface area (Å²) in [5.74, 6) is 0. The van der Waals surface area contributed by atoms with Crippen LogP contribution in [0.1, 0.15) is 51.4 Å². The monoisotopic (exact) mass is 302 g/mol. The van der Waals surface area contributed by atoms with E-state index >= 15 is 0 Å². The van der Waals surface area contributed by atoms with E-state index in [0.717, 1.165) is 26.1 Å². The van der Waals surface area contributed by atoms with Gasteiger partial charge in [-0.2, -0.15) is 0 Å². The Hall–Kier alpha value is 0.400. The highest BCUT2D eigenvalue weighted by Gasteiger charge is 2.55. The lowest BCUT2D eigenvalue weighted by atomic mass is 9.58. The summed E-state index contributed by atoms with van der Waals surface area (Å²) in [7, 11) is 0. The average molecular weight is 303 g/mol. The highest BCUT2D eigenvalue weighted by Crippen LogP contribution is 2.56. The standard InChI is InChI=1S/C14H23BrO2/c15-12-10-13(14(12)6-2-1-3-7-14)17-11-4-8-16-9-5-11/h11-13H,1-10H2. The van der Waals surface area contributed by atoms with Crippen LogP contribution in [0, 0.1) is 5.41 Å². The van der Waals surface area contributed by atoms with Gasteiger partial charge < -0.3 is 9.47 Å². The largest absolute Gasteiger partial charge is 0.381 e. The van der Waals surface area contributed by atoms with E-state index in [1.807, 2.05) is 0 Å². The van der Waals surface area contributed by atoms with Crippen LogP contribution in [0.15, 0.2) is 0 Å². The van der Waals surface area contributed by atoms with E-state index in [1.165, 1.54) is 38.5 Å². The third kappa shape index (κ3) is 2.31. The molecular weight excluding hydrogens is 280 g/mol. The molecule has 3 fully saturated rings. The zero-order chi connectivity index (χ0) is 11.7. The van der Waals surface area contributed by atoms with E-state index < -0.39 is 0 Å². The molecule has 1 aliphatic heterocycles. The number of hydrogen-bond acceptors (Lipinski definition) is 2. The molecule has 17 heavy (non-hydrogen) atoms. The van der Waals surface area contributed by atoms with Gasteiger partial charge >= 0.3 is 0 Å². The van der Waals surface area contributed by atoms with E-state index in [0.29, 0.717) is 22.5 Å². The molecule has 2 atom stereocenters. The molecule has 0 aromatic carbocycles. The van der Waals surface area contributed by atoms with Crippen molar-refractivity contribution in [1.29, 1.82) is 0 Å².